The van der Waals surface area contributed by atoms with E-state index in [1.54, 1.807) is 6.92 Å². The first-order chi connectivity index (χ1) is 13.8. The Morgan fingerprint density at radius 3 is 1.80 bits per heavy atom. The number of ether oxygens (including phenoxy) is 1. The van der Waals surface area contributed by atoms with Gasteiger partial charge in [0.05, 0.1) is 18.8 Å². The third-order valence-corrected chi connectivity index (χ3v) is 4.56. The minimum Gasteiger partial charge on any atom is -0.726 e. The maximum atomic E-state index is 11.1. The molecule has 0 aromatic heterocycles. The van der Waals surface area contributed by atoms with Gasteiger partial charge < -0.3 is 14.4 Å². The summed E-state index contributed by atoms with van der Waals surface area (Å²) in [4.78, 5) is 11.1. The Hall–Kier alpha value is -0.640. The number of phenols is 1. The number of carbonyl (C=O) groups is 1. The minimum atomic E-state index is -4.48. The number of rotatable bonds is 14. The molecule has 1 N–H and O–H groups in total. The molecular formula is C21H35NaO7S. The van der Waals surface area contributed by atoms with Gasteiger partial charge in [0, 0.05) is 0 Å². The molecule has 0 spiro atoms. The first kappa shape index (κ1) is 31.5. The predicted octanol–water partition coefficient (Wildman–Crippen LogP) is 1.96. The molecule has 0 fully saturated rings. The van der Waals surface area contributed by atoms with E-state index in [0.29, 0.717) is 18.6 Å². The van der Waals surface area contributed by atoms with Crippen LogP contribution in [0.15, 0.2) is 24.3 Å². The number of unbranched alkanes of at least 4 members (excludes halogenated alkanes) is 9. The number of hydrogen-bond acceptors (Lipinski definition) is 7. The Balaban J connectivity index is 0. The number of hydrogen-bond donors (Lipinski definition) is 1. The van der Waals surface area contributed by atoms with Gasteiger partial charge in [-0.1, -0.05) is 64.7 Å². The Morgan fingerprint density at radius 2 is 1.37 bits per heavy atom. The summed E-state index contributed by atoms with van der Waals surface area (Å²) in [6, 6.07) is 5.94. The maximum absolute atomic E-state index is 11.1. The number of esters is 1. The van der Waals surface area contributed by atoms with Gasteiger partial charge in [0.1, 0.15) is 5.75 Å². The van der Waals surface area contributed by atoms with Crippen molar-refractivity contribution < 1.29 is 61.3 Å². The number of benzene rings is 1. The monoisotopic (exact) mass is 454 g/mol. The van der Waals surface area contributed by atoms with Gasteiger partial charge in [-0.05, 0) is 37.6 Å². The number of phenolic OH excluding ortho intramolecular Hbond substituents is 1. The van der Waals surface area contributed by atoms with Crippen molar-refractivity contribution in [3.63, 3.8) is 0 Å². The fourth-order valence-electron chi connectivity index (χ4n) is 2.56. The molecule has 1 rings (SSSR count). The van der Waals surface area contributed by atoms with Crippen molar-refractivity contribution in [3.05, 3.63) is 29.8 Å². The maximum Gasteiger partial charge on any atom is 1.00 e. The molecule has 168 valence electrons. The van der Waals surface area contributed by atoms with E-state index in [-0.39, 0.29) is 47.9 Å². The zero-order valence-corrected chi connectivity index (χ0v) is 21.4. The molecule has 7 nitrogen and oxygen atoms in total. The molecule has 0 saturated heterocycles. The molecule has 0 aliphatic rings. The van der Waals surface area contributed by atoms with E-state index in [4.69, 9.17) is 9.84 Å². The quantitative estimate of drug-likeness (QED) is 0.150. The molecule has 0 unspecified atom stereocenters. The van der Waals surface area contributed by atoms with Gasteiger partial charge in [-0.15, -0.1) is 0 Å². The van der Waals surface area contributed by atoms with E-state index in [9.17, 15) is 17.8 Å². The van der Waals surface area contributed by atoms with E-state index in [2.05, 4.69) is 11.1 Å². The fraction of sp³-hybridized carbons (Fsp3) is 0.667. The van der Waals surface area contributed by atoms with Gasteiger partial charge in [0.2, 0.25) is 10.4 Å². The third kappa shape index (κ3) is 20.6. The zero-order valence-electron chi connectivity index (χ0n) is 18.6. The average molecular weight is 455 g/mol. The molecule has 0 atom stereocenters. The van der Waals surface area contributed by atoms with Crippen molar-refractivity contribution in [2.45, 2.75) is 78.1 Å². The largest absolute Gasteiger partial charge is 1.00 e. The van der Waals surface area contributed by atoms with Crippen LogP contribution in [0, 0.1) is 0 Å². The van der Waals surface area contributed by atoms with E-state index in [0.717, 1.165) is 12.8 Å². The van der Waals surface area contributed by atoms with Crippen molar-refractivity contribution in [2.75, 3.05) is 13.2 Å². The Bertz CT molecular complexity index is 633. The van der Waals surface area contributed by atoms with Gasteiger partial charge in [-0.2, -0.15) is 0 Å². The normalized spacial score (nSPS) is 10.5. The molecule has 0 radical (unpaired) electrons. The van der Waals surface area contributed by atoms with Gasteiger partial charge in [-0.25, -0.2) is 13.2 Å². The average Bonchev–Trinajstić information content (AvgIpc) is 2.66. The molecule has 1 aromatic rings. The van der Waals surface area contributed by atoms with Crippen LogP contribution in [0.25, 0.3) is 0 Å². The molecule has 0 aliphatic heterocycles. The standard InChI is InChI=1S/C12H26O4S.C9H10O3.Na/c1-2-3-4-5-6-7-8-9-10-11-12-16-17(13,14)15;1-2-12-9(11)7-3-5-8(10)6-4-7;/h2-12H2,1H3,(H,13,14,15);3-6,10H,2H2,1H3;/q;;+1/p-1. The Kier molecular flexibility index (Phi) is 21.3. The van der Waals surface area contributed by atoms with Gasteiger partial charge in [0.25, 0.3) is 0 Å². The molecule has 0 aliphatic carbocycles. The van der Waals surface area contributed by atoms with Crippen LogP contribution in [0.5, 0.6) is 5.75 Å². The van der Waals surface area contributed by atoms with Gasteiger partial charge in [-0.3, -0.25) is 4.18 Å². The second-order valence-electron chi connectivity index (χ2n) is 6.68. The molecule has 0 bridgehead atoms. The van der Waals surface area contributed by atoms with Crippen molar-refractivity contribution in [2.24, 2.45) is 0 Å². The number of aromatic hydroxyl groups is 1. The second-order valence-corrected chi connectivity index (χ2v) is 7.73. The Labute approximate surface area is 203 Å². The summed E-state index contributed by atoms with van der Waals surface area (Å²) in [5.74, 6) is -0.222. The van der Waals surface area contributed by atoms with Crippen LogP contribution in [0.3, 0.4) is 0 Å². The topological polar surface area (TPSA) is 113 Å². The minimum absolute atomic E-state index is 0. The van der Waals surface area contributed by atoms with E-state index < -0.39 is 10.4 Å². The predicted molar refractivity (Wildman–Crippen MR) is 112 cm³/mol. The third-order valence-electron chi connectivity index (χ3n) is 4.10. The molecule has 9 heteroatoms. The summed E-state index contributed by atoms with van der Waals surface area (Å²) in [6.07, 6.45) is 11.7. The van der Waals surface area contributed by atoms with E-state index in [1.165, 1.54) is 69.2 Å². The van der Waals surface area contributed by atoms with E-state index >= 15 is 0 Å². The van der Waals surface area contributed by atoms with Crippen LogP contribution < -0.4 is 29.6 Å². The second kappa shape index (κ2) is 20.3. The molecule has 0 saturated carbocycles. The van der Waals surface area contributed by atoms with Crippen LogP contribution in [0.1, 0.15) is 88.4 Å². The van der Waals surface area contributed by atoms with Gasteiger partial charge in [0.15, 0.2) is 0 Å². The van der Waals surface area contributed by atoms with Crippen LogP contribution >= 0.6 is 0 Å². The molecule has 30 heavy (non-hydrogen) atoms. The first-order valence-corrected chi connectivity index (χ1v) is 11.7. The molecular weight excluding hydrogens is 419 g/mol. The Morgan fingerprint density at radius 1 is 0.900 bits per heavy atom. The molecule has 1 aromatic carbocycles. The van der Waals surface area contributed by atoms with Crippen molar-refractivity contribution >= 4 is 16.4 Å². The summed E-state index contributed by atoms with van der Waals surface area (Å²) in [6.45, 7) is 4.35. The van der Waals surface area contributed by atoms with Gasteiger partial charge >= 0.3 is 35.5 Å². The smallest absolute Gasteiger partial charge is 0.726 e. The summed E-state index contributed by atoms with van der Waals surface area (Å²) in [5, 5.41) is 8.92. The molecule has 0 amide bonds. The summed E-state index contributed by atoms with van der Waals surface area (Å²) < 4.78 is 39.2. The fourth-order valence-corrected chi connectivity index (χ4v) is 2.88. The van der Waals surface area contributed by atoms with Crippen molar-refractivity contribution in [3.8, 4) is 5.75 Å². The van der Waals surface area contributed by atoms with Crippen LogP contribution in [-0.4, -0.2) is 37.3 Å². The SMILES string of the molecule is CCCCCCCCCCCCOS(=O)(=O)[O-].CCOC(=O)c1ccc(O)cc1.[Na+]. The van der Waals surface area contributed by atoms with Crippen LogP contribution in [0.4, 0.5) is 0 Å². The zero-order chi connectivity index (χ0) is 22.0. The molecule has 0 heterocycles. The summed E-state index contributed by atoms with van der Waals surface area (Å²) in [7, 11) is -4.48. The van der Waals surface area contributed by atoms with Crippen molar-refractivity contribution in [1.29, 1.82) is 0 Å². The van der Waals surface area contributed by atoms with Crippen LogP contribution in [0.2, 0.25) is 0 Å². The van der Waals surface area contributed by atoms with Crippen LogP contribution in [-0.2, 0) is 19.3 Å². The number of carbonyl (C=O) groups excluding carboxylic acids is 1. The van der Waals surface area contributed by atoms with E-state index in [1.807, 2.05) is 0 Å². The summed E-state index contributed by atoms with van der Waals surface area (Å²) in [5.41, 5.74) is 0.453. The van der Waals surface area contributed by atoms with Crippen molar-refractivity contribution in [1.82, 2.24) is 0 Å². The summed E-state index contributed by atoms with van der Waals surface area (Å²) >= 11 is 0. The first-order valence-electron chi connectivity index (χ1n) is 10.4.